The normalized spacial score (nSPS) is 11.3. The second kappa shape index (κ2) is 5.66. The summed E-state index contributed by atoms with van der Waals surface area (Å²) in [7, 11) is 0. The fourth-order valence-electron chi connectivity index (χ4n) is 1.26. The summed E-state index contributed by atoms with van der Waals surface area (Å²) in [5.41, 5.74) is 0.681. The predicted molar refractivity (Wildman–Crippen MR) is 58.0 cm³/mol. The topological polar surface area (TPSA) is 84.8 Å². The molecule has 0 bridgehead atoms. The van der Waals surface area contributed by atoms with Crippen molar-refractivity contribution in [3.8, 4) is 17.7 Å². The van der Waals surface area contributed by atoms with E-state index >= 15 is 0 Å². The Morgan fingerprint density at radius 3 is 2.75 bits per heavy atom. The Balaban J connectivity index is 1.99. The third-order valence-corrected chi connectivity index (χ3v) is 2.08. The van der Waals surface area contributed by atoms with Crippen LogP contribution in [0.25, 0.3) is 11.6 Å². The molecule has 20 heavy (non-hydrogen) atoms. The molecule has 0 aliphatic rings. The van der Waals surface area contributed by atoms with Gasteiger partial charge in [-0.2, -0.15) is 23.4 Å². The van der Waals surface area contributed by atoms with E-state index in [1.54, 1.807) is 0 Å². The second-order valence-electron chi connectivity index (χ2n) is 3.67. The number of alkyl halides is 3. The highest BCUT2D eigenvalue weighted by molar-refractivity contribution is 5.47. The molecule has 2 rings (SSSR count). The van der Waals surface area contributed by atoms with Gasteiger partial charge in [0.2, 0.25) is 0 Å². The van der Waals surface area contributed by atoms with Crippen molar-refractivity contribution in [2.24, 2.45) is 0 Å². The highest BCUT2D eigenvalue weighted by Gasteiger charge is 2.27. The van der Waals surface area contributed by atoms with Gasteiger partial charge in [0, 0.05) is 6.20 Å². The molecule has 0 aliphatic carbocycles. The zero-order valence-corrected chi connectivity index (χ0v) is 9.89. The molecule has 0 radical (unpaired) electrons. The number of rotatable bonds is 4. The molecule has 0 spiro atoms. The first-order valence-corrected chi connectivity index (χ1v) is 5.31. The predicted octanol–water partition coefficient (Wildman–Crippen LogP) is 2.08. The number of ether oxygens (including phenoxy) is 1. The Morgan fingerprint density at radius 1 is 1.35 bits per heavy atom. The number of aromatic nitrogens is 3. The Labute approximate surface area is 110 Å². The first kappa shape index (κ1) is 14.0. The molecule has 6 nitrogen and oxygen atoms in total. The SMILES string of the molecule is N#Cc1ccc(-c2nc(COCC(F)(F)F)no2)nc1. The summed E-state index contributed by atoms with van der Waals surface area (Å²) in [6.07, 6.45) is -3.08. The number of halogens is 3. The number of pyridine rings is 1. The van der Waals surface area contributed by atoms with E-state index in [1.807, 2.05) is 6.07 Å². The van der Waals surface area contributed by atoms with E-state index < -0.39 is 19.4 Å². The molecule has 0 unspecified atom stereocenters. The van der Waals surface area contributed by atoms with Gasteiger partial charge in [-0.15, -0.1) is 0 Å². The minimum absolute atomic E-state index is 0.0181. The van der Waals surface area contributed by atoms with Gasteiger partial charge in [0.15, 0.2) is 5.82 Å². The minimum Gasteiger partial charge on any atom is -0.364 e. The van der Waals surface area contributed by atoms with Gasteiger partial charge in [-0.25, -0.2) is 4.98 Å². The molecule has 0 saturated heterocycles. The van der Waals surface area contributed by atoms with Crippen LogP contribution < -0.4 is 0 Å². The van der Waals surface area contributed by atoms with Gasteiger partial charge < -0.3 is 9.26 Å². The smallest absolute Gasteiger partial charge is 0.364 e. The van der Waals surface area contributed by atoms with E-state index in [4.69, 9.17) is 9.78 Å². The average Bonchev–Trinajstić information content (AvgIpc) is 2.86. The minimum atomic E-state index is -4.40. The maximum absolute atomic E-state index is 11.9. The standard InChI is InChI=1S/C11H7F3N4O2/c12-11(13,14)6-19-5-9-17-10(20-18-9)8-2-1-7(3-15)4-16-8/h1-2,4H,5-6H2. The van der Waals surface area contributed by atoms with Crippen LogP contribution in [-0.4, -0.2) is 27.9 Å². The summed E-state index contributed by atoms with van der Waals surface area (Å²) in [6.45, 7) is -1.80. The van der Waals surface area contributed by atoms with Crippen LogP contribution in [0.3, 0.4) is 0 Å². The van der Waals surface area contributed by atoms with Crippen molar-refractivity contribution in [2.45, 2.75) is 12.8 Å². The molecule has 0 N–H and O–H groups in total. The van der Waals surface area contributed by atoms with E-state index in [0.29, 0.717) is 11.3 Å². The van der Waals surface area contributed by atoms with Gasteiger partial charge in [-0.1, -0.05) is 5.16 Å². The van der Waals surface area contributed by atoms with Gasteiger partial charge in [0.1, 0.15) is 25.0 Å². The molecular weight excluding hydrogens is 277 g/mol. The van der Waals surface area contributed by atoms with Crippen LogP contribution in [0.4, 0.5) is 13.2 Å². The maximum atomic E-state index is 11.9. The van der Waals surface area contributed by atoms with Gasteiger partial charge >= 0.3 is 6.18 Å². The summed E-state index contributed by atoms with van der Waals surface area (Å²) < 4.78 is 44.9. The fourth-order valence-corrected chi connectivity index (χ4v) is 1.26. The van der Waals surface area contributed by atoms with Crippen molar-refractivity contribution < 1.29 is 22.4 Å². The molecule has 0 amide bonds. The average molecular weight is 284 g/mol. The largest absolute Gasteiger partial charge is 0.411 e. The van der Waals surface area contributed by atoms with Crippen molar-refractivity contribution in [1.82, 2.24) is 15.1 Å². The molecule has 0 saturated carbocycles. The lowest BCUT2D eigenvalue weighted by Gasteiger charge is -2.04. The molecule has 0 aromatic carbocycles. The quantitative estimate of drug-likeness (QED) is 0.854. The van der Waals surface area contributed by atoms with E-state index in [2.05, 4.69) is 19.9 Å². The monoisotopic (exact) mass is 284 g/mol. The molecule has 2 aromatic rings. The molecule has 0 aliphatic heterocycles. The van der Waals surface area contributed by atoms with Crippen molar-refractivity contribution >= 4 is 0 Å². The number of nitriles is 1. The summed E-state index contributed by atoms with van der Waals surface area (Å²) >= 11 is 0. The highest BCUT2D eigenvalue weighted by Crippen LogP contribution is 2.17. The zero-order valence-electron chi connectivity index (χ0n) is 9.89. The summed E-state index contributed by atoms with van der Waals surface area (Å²) in [4.78, 5) is 7.75. The number of nitrogens with zero attached hydrogens (tertiary/aromatic N) is 4. The lowest BCUT2D eigenvalue weighted by atomic mass is 10.3. The third-order valence-electron chi connectivity index (χ3n) is 2.08. The lowest BCUT2D eigenvalue weighted by molar-refractivity contribution is -0.177. The molecule has 2 heterocycles. The summed E-state index contributed by atoms with van der Waals surface area (Å²) in [5, 5.41) is 12.1. The lowest BCUT2D eigenvalue weighted by Crippen LogP contribution is -2.16. The Bertz CT molecular complexity index is 616. The highest BCUT2D eigenvalue weighted by atomic mass is 19.4. The van der Waals surface area contributed by atoms with Crippen LogP contribution in [0, 0.1) is 11.3 Å². The van der Waals surface area contributed by atoms with Crippen molar-refractivity contribution in [3.05, 3.63) is 29.7 Å². The van der Waals surface area contributed by atoms with E-state index in [1.165, 1.54) is 18.3 Å². The van der Waals surface area contributed by atoms with E-state index in [-0.39, 0.29) is 11.7 Å². The molecule has 104 valence electrons. The van der Waals surface area contributed by atoms with Crippen molar-refractivity contribution in [2.75, 3.05) is 6.61 Å². The fraction of sp³-hybridized carbons (Fsp3) is 0.273. The molecule has 2 aromatic heterocycles. The molecular formula is C11H7F3N4O2. The zero-order chi connectivity index (χ0) is 14.6. The second-order valence-corrected chi connectivity index (χ2v) is 3.67. The maximum Gasteiger partial charge on any atom is 0.411 e. The van der Waals surface area contributed by atoms with E-state index in [9.17, 15) is 13.2 Å². The Morgan fingerprint density at radius 2 is 2.15 bits per heavy atom. The molecule has 0 fully saturated rings. The first-order valence-electron chi connectivity index (χ1n) is 5.31. The first-order chi connectivity index (χ1) is 9.48. The van der Waals surface area contributed by atoms with Crippen molar-refractivity contribution in [1.29, 1.82) is 5.26 Å². The van der Waals surface area contributed by atoms with Gasteiger partial charge in [-0.05, 0) is 12.1 Å². The molecule has 9 heteroatoms. The summed E-state index contributed by atoms with van der Waals surface area (Å²) in [5.74, 6) is 0.0236. The van der Waals surface area contributed by atoms with Gasteiger partial charge in [0.05, 0.1) is 5.56 Å². The number of hydrogen-bond acceptors (Lipinski definition) is 6. The van der Waals surface area contributed by atoms with Crippen LogP contribution in [0.15, 0.2) is 22.9 Å². The number of hydrogen-bond donors (Lipinski definition) is 0. The Hall–Kier alpha value is -2.47. The summed E-state index contributed by atoms with van der Waals surface area (Å²) in [6, 6.07) is 4.90. The van der Waals surface area contributed by atoms with Gasteiger partial charge in [0.25, 0.3) is 5.89 Å². The van der Waals surface area contributed by atoms with Crippen LogP contribution in [-0.2, 0) is 11.3 Å². The van der Waals surface area contributed by atoms with Crippen LogP contribution in [0.5, 0.6) is 0 Å². The Kier molecular flexibility index (Phi) is 3.95. The van der Waals surface area contributed by atoms with Crippen LogP contribution >= 0.6 is 0 Å². The van der Waals surface area contributed by atoms with Crippen molar-refractivity contribution in [3.63, 3.8) is 0 Å². The molecule has 0 atom stereocenters. The third kappa shape index (κ3) is 3.76. The van der Waals surface area contributed by atoms with Crippen LogP contribution in [0.2, 0.25) is 0 Å². The van der Waals surface area contributed by atoms with Gasteiger partial charge in [-0.3, -0.25) is 0 Å². The van der Waals surface area contributed by atoms with Crippen LogP contribution in [0.1, 0.15) is 11.4 Å². The van der Waals surface area contributed by atoms with E-state index in [0.717, 1.165) is 0 Å².